The summed E-state index contributed by atoms with van der Waals surface area (Å²) < 4.78 is 32.2. The van der Waals surface area contributed by atoms with Crippen molar-refractivity contribution >= 4 is 37.6 Å². The fourth-order valence-corrected chi connectivity index (χ4v) is 5.44. The second-order valence-electron chi connectivity index (χ2n) is 5.17. The zero-order chi connectivity index (χ0) is 15.8. The van der Waals surface area contributed by atoms with Gasteiger partial charge in [0.1, 0.15) is 4.90 Å². The van der Waals surface area contributed by atoms with Crippen LogP contribution < -0.4 is 4.74 Å². The van der Waals surface area contributed by atoms with E-state index < -0.39 is 15.6 Å². The molecule has 1 aromatic carbocycles. The Hall–Kier alpha value is -0.340. The Morgan fingerprint density at radius 3 is 2.62 bits per heavy atom. The number of sulfonamides is 1. The molecule has 0 aliphatic carbocycles. The Bertz CT molecular complexity index is 644. The highest BCUT2D eigenvalue weighted by molar-refractivity contribution is 9.10. The molecule has 1 fully saturated rings. The van der Waals surface area contributed by atoms with Crippen LogP contribution in [0.4, 0.5) is 0 Å². The van der Waals surface area contributed by atoms with Crippen LogP contribution in [0.25, 0.3) is 0 Å². The highest BCUT2D eigenvalue weighted by Crippen LogP contribution is 2.39. The third-order valence-electron chi connectivity index (χ3n) is 3.45. The first-order valence-corrected chi connectivity index (χ1v) is 9.10. The Balaban J connectivity index is 2.34. The summed E-state index contributed by atoms with van der Waals surface area (Å²) in [6.07, 6.45) is 1.38. The lowest BCUT2D eigenvalue weighted by Gasteiger charge is -2.45. The van der Waals surface area contributed by atoms with Crippen LogP contribution in [0.3, 0.4) is 0 Å². The minimum atomic E-state index is -3.75. The summed E-state index contributed by atoms with van der Waals surface area (Å²) in [5, 5.41) is 10.5. The highest BCUT2D eigenvalue weighted by atomic mass is 79.9. The fraction of sp³-hybridized carbons (Fsp3) is 0.538. The van der Waals surface area contributed by atoms with Crippen LogP contribution in [0.5, 0.6) is 5.75 Å². The summed E-state index contributed by atoms with van der Waals surface area (Å²) in [6.45, 7) is 2.14. The fourth-order valence-electron chi connectivity index (χ4n) is 2.47. The first-order valence-electron chi connectivity index (χ1n) is 6.49. The van der Waals surface area contributed by atoms with Crippen LogP contribution in [0, 0.1) is 0 Å². The molecule has 0 aromatic heterocycles. The maximum absolute atomic E-state index is 12.6. The zero-order valence-electron chi connectivity index (χ0n) is 11.8. The molecule has 118 valence electrons. The number of methoxy groups -OCH3 is 1. The Kier molecular flexibility index (Phi) is 4.90. The van der Waals surface area contributed by atoms with Crippen LogP contribution in [0.1, 0.15) is 19.8 Å². The van der Waals surface area contributed by atoms with Crippen LogP contribution >= 0.6 is 27.5 Å². The van der Waals surface area contributed by atoms with E-state index in [0.717, 1.165) is 6.42 Å². The zero-order valence-corrected chi connectivity index (χ0v) is 14.9. The van der Waals surface area contributed by atoms with E-state index in [1.165, 1.54) is 17.5 Å². The van der Waals surface area contributed by atoms with Gasteiger partial charge in [0.15, 0.2) is 5.75 Å². The number of hydrogen-bond acceptors (Lipinski definition) is 4. The standard InChI is InChI=1S/C13H17BrClNO4S/c1-3-4-13(17)7-16(8-13)21(18,19)11-6-9(15)5-10(14)12(11)20-2/h5-6,17H,3-4,7-8H2,1-2H3. The number of rotatable bonds is 5. The van der Waals surface area contributed by atoms with Crippen molar-refractivity contribution in [3.63, 3.8) is 0 Å². The molecule has 0 unspecified atom stereocenters. The Morgan fingerprint density at radius 2 is 2.10 bits per heavy atom. The normalized spacial score (nSPS) is 18.3. The minimum Gasteiger partial charge on any atom is -0.494 e. The summed E-state index contributed by atoms with van der Waals surface area (Å²) in [5.74, 6) is 0.213. The smallest absolute Gasteiger partial charge is 0.247 e. The number of nitrogens with zero attached hydrogens (tertiary/aromatic N) is 1. The number of benzene rings is 1. The highest BCUT2D eigenvalue weighted by Gasteiger charge is 2.47. The van der Waals surface area contributed by atoms with Gasteiger partial charge in [-0.1, -0.05) is 24.9 Å². The van der Waals surface area contributed by atoms with Crippen molar-refractivity contribution in [2.45, 2.75) is 30.3 Å². The average Bonchev–Trinajstić information content (AvgIpc) is 2.35. The lowest BCUT2D eigenvalue weighted by molar-refractivity contribution is -0.0653. The molecule has 1 aliphatic heterocycles. The van der Waals surface area contributed by atoms with E-state index in [-0.39, 0.29) is 23.7 Å². The molecule has 0 bridgehead atoms. The van der Waals surface area contributed by atoms with Crippen molar-refractivity contribution in [2.75, 3.05) is 20.2 Å². The van der Waals surface area contributed by atoms with Gasteiger partial charge in [0.2, 0.25) is 10.0 Å². The molecule has 5 nitrogen and oxygen atoms in total. The van der Waals surface area contributed by atoms with Gasteiger partial charge in [0.25, 0.3) is 0 Å². The number of β-amino-alcohol motifs (C(OH)–C–C–N with tert-alkyl or cyclic N) is 1. The first-order chi connectivity index (χ1) is 9.73. The van der Waals surface area contributed by atoms with Gasteiger partial charge < -0.3 is 9.84 Å². The van der Waals surface area contributed by atoms with Gasteiger partial charge in [0, 0.05) is 18.1 Å². The minimum absolute atomic E-state index is 0.00271. The van der Waals surface area contributed by atoms with Crippen LogP contribution in [0.2, 0.25) is 5.02 Å². The summed E-state index contributed by atoms with van der Waals surface area (Å²) in [7, 11) is -2.35. The van der Waals surface area contributed by atoms with E-state index in [0.29, 0.717) is 15.9 Å². The summed E-state index contributed by atoms with van der Waals surface area (Å²) >= 11 is 9.18. The van der Waals surface area contributed by atoms with Gasteiger partial charge in [0.05, 0.1) is 17.2 Å². The van der Waals surface area contributed by atoms with E-state index >= 15 is 0 Å². The molecule has 0 amide bonds. The molecule has 0 radical (unpaired) electrons. The molecular formula is C13H17BrClNO4S. The second kappa shape index (κ2) is 6.04. The number of aliphatic hydroxyl groups is 1. The molecular weight excluding hydrogens is 382 g/mol. The van der Waals surface area contributed by atoms with E-state index in [1.807, 2.05) is 6.92 Å². The van der Waals surface area contributed by atoms with Crippen molar-refractivity contribution in [3.05, 3.63) is 21.6 Å². The number of hydrogen-bond donors (Lipinski definition) is 1. The lowest BCUT2D eigenvalue weighted by atomic mass is 9.92. The largest absolute Gasteiger partial charge is 0.494 e. The monoisotopic (exact) mass is 397 g/mol. The van der Waals surface area contributed by atoms with E-state index in [9.17, 15) is 13.5 Å². The van der Waals surface area contributed by atoms with Crippen LogP contribution in [0.15, 0.2) is 21.5 Å². The van der Waals surface area contributed by atoms with Crippen molar-refractivity contribution in [1.82, 2.24) is 4.31 Å². The number of halogens is 2. The van der Waals surface area contributed by atoms with Gasteiger partial charge in [-0.05, 0) is 34.5 Å². The van der Waals surface area contributed by atoms with Crippen molar-refractivity contribution in [1.29, 1.82) is 0 Å². The van der Waals surface area contributed by atoms with E-state index in [4.69, 9.17) is 16.3 Å². The third kappa shape index (κ3) is 3.22. The average molecular weight is 399 g/mol. The molecule has 21 heavy (non-hydrogen) atoms. The predicted molar refractivity (Wildman–Crippen MR) is 84.3 cm³/mol. The molecule has 2 rings (SSSR count). The maximum Gasteiger partial charge on any atom is 0.247 e. The van der Waals surface area contributed by atoms with Crippen LogP contribution in [-0.2, 0) is 10.0 Å². The third-order valence-corrected chi connectivity index (χ3v) is 6.06. The topological polar surface area (TPSA) is 66.8 Å². The van der Waals surface area contributed by atoms with Gasteiger partial charge >= 0.3 is 0 Å². The summed E-state index contributed by atoms with van der Waals surface area (Å²) in [6, 6.07) is 2.93. The molecule has 1 aliphatic rings. The van der Waals surface area contributed by atoms with Gasteiger partial charge in [-0.25, -0.2) is 8.42 Å². The van der Waals surface area contributed by atoms with Crippen molar-refractivity contribution < 1.29 is 18.3 Å². The Morgan fingerprint density at radius 1 is 1.48 bits per heavy atom. The quantitative estimate of drug-likeness (QED) is 0.828. The molecule has 1 heterocycles. The molecule has 1 aromatic rings. The maximum atomic E-state index is 12.6. The first kappa shape index (κ1) is 17.0. The lowest BCUT2D eigenvalue weighted by Crippen LogP contribution is -2.63. The van der Waals surface area contributed by atoms with Gasteiger partial charge in [-0.3, -0.25) is 0 Å². The predicted octanol–water partition coefficient (Wildman–Crippen LogP) is 2.65. The summed E-state index contributed by atoms with van der Waals surface area (Å²) in [4.78, 5) is 0.00271. The molecule has 1 N–H and O–H groups in total. The van der Waals surface area contributed by atoms with Crippen molar-refractivity contribution in [3.8, 4) is 5.75 Å². The van der Waals surface area contributed by atoms with Crippen molar-refractivity contribution in [2.24, 2.45) is 0 Å². The second-order valence-corrected chi connectivity index (χ2v) is 8.36. The van der Waals surface area contributed by atoms with E-state index in [2.05, 4.69) is 15.9 Å². The van der Waals surface area contributed by atoms with Gasteiger partial charge in [-0.2, -0.15) is 4.31 Å². The molecule has 8 heteroatoms. The van der Waals surface area contributed by atoms with E-state index in [1.54, 1.807) is 6.07 Å². The molecule has 1 saturated heterocycles. The van der Waals surface area contributed by atoms with Gasteiger partial charge in [-0.15, -0.1) is 0 Å². The molecule has 0 spiro atoms. The Labute approximate surface area is 138 Å². The summed E-state index contributed by atoms with van der Waals surface area (Å²) in [5.41, 5.74) is -0.926. The molecule has 0 atom stereocenters. The number of ether oxygens (including phenoxy) is 1. The van der Waals surface area contributed by atoms with Crippen LogP contribution in [-0.4, -0.2) is 43.6 Å². The molecule has 0 saturated carbocycles. The SMILES string of the molecule is CCCC1(O)CN(S(=O)(=O)c2cc(Cl)cc(Br)c2OC)C1.